The number of hydrogen-bond donors (Lipinski definition) is 1. The molecule has 0 heterocycles. The van der Waals surface area contributed by atoms with Crippen molar-refractivity contribution in [3.05, 3.63) is 48.9 Å². The molecular weight excluding hydrogens is 134 g/mol. The molecule has 0 saturated heterocycles. The molecule has 0 aliphatic heterocycles. The second kappa shape index (κ2) is 5.54. The summed E-state index contributed by atoms with van der Waals surface area (Å²) in [6.45, 7) is 11.3. The highest BCUT2D eigenvalue weighted by Gasteiger charge is 1.85. The zero-order valence-electron chi connectivity index (χ0n) is 7.22. The standard InChI is InChI=1S/C10H15N/c1-5-7-9(3)11-10(4)8-6-2/h5-8,11H,1,4H2,2-3H3/b8-6-,9-7+. The molecule has 0 aliphatic rings. The van der Waals surface area contributed by atoms with Crippen molar-refractivity contribution in [3.63, 3.8) is 0 Å². The maximum atomic E-state index is 3.79. The minimum atomic E-state index is 0.892. The average Bonchev–Trinajstić information content (AvgIpc) is 1.87. The van der Waals surface area contributed by atoms with Crippen molar-refractivity contribution >= 4 is 0 Å². The van der Waals surface area contributed by atoms with Gasteiger partial charge < -0.3 is 5.32 Å². The minimum Gasteiger partial charge on any atom is -0.360 e. The third-order valence-corrected chi connectivity index (χ3v) is 1.09. The molecule has 1 N–H and O–H groups in total. The van der Waals surface area contributed by atoms with Crippen molar-refractivity contribution < 1.29 is 0 Å². The van der Waals surface area contributed by atoms with Gasteiger partial charge in [-0.25, -0.2) is 0 Å². The van der Waals surface area contributed by atoms with Crippen LogP contribution in [-0.2, 0) is 0 Å². The lowest BCUT2D eigenvalue weighted by molar-refractivity contribution is 1.01. The first-order valence-electron chi connectivity index (χ1n) is 3.58. The van der Waals surface area contributed by atoms with Crippen molar-refractivity contribution in [1.82, 2.24) is 5.32 Å². The Labute approximate surface area is 68.8 Å². The van der Waals surface area contributed by atoms with E-state index in [2.05, 4.69) is 18.5 Å². The van der Waals surface area contributed by atoms with Crippen LogP contribution in [0.5, 0.6) is 0 Å². The second-order valence-corrected chi connectivity index (χ2v) is 2.24. The van der Waals surface area contributed by atoms with Gasteiger partial charge in [0.25, 0.3) is 0 Å². The lowest BCUT2D eigenvalue weighted by atomic mass is 10.3. The van der Waals surface area contributed by atoms with Crippen LogP contribution in [0.25, 0.3) is 0 Å². The van der Waals surface area contributed by atoms with Gasteiger partial charge in [0.15, 0.2) is 0 Å². The summed E-state index contributed by atoms with van der Waals surface area (Å²) in [7, 11) is 0. The van der Waals surface area contributed by atoms with E-state index >= 15 is 0 Å². The Morgan fingerprint density at radius 2 is 2.09 bits per heavy atom. The van der Waals surface area contributed by atoms with Gasteiger partial charge in [-0.05, 0) is 26.0 Å². The van der Waals surface area contributed by atoms with Gasteiger partial charge in [0, 0.05) is 11.4 Å². The van der Waals surface area contributed by atoms with Crippen LogP contribution in [0.1, 0.15) is 13.8 Å². The van der Waals surface area contributed by atoms with Crippen LogP contribution in [0.4, 0.5) is 0 Å². The highest BCUT2D eigenvalue weighted by atomic mass is 14.9. The molecule has 1 heteroatoms. The van der Waals surface area contributed by atoms with E-state index in [9.17, 15) is 0 Å². The summed E-state index contributed by atoms with van der Waals surface area (Å²) >= 11 is 0. The Balaban J connectivity index is 3.94. The van der Waals surface area contributed by atoms with Crippen LogP contribution in [0.15, 0.2) is 48.9 Å². The number of nitrogens with one attached hydrogen (secondary N) is 1. The molecule has 11 heavy (non-hydrogen) atoms. The van der Waals surface area contributed by atoms with Crippen LogP contribution in [0, 0.1) is 0 Å². The Kier molecular flexibility index (Phi) is 4.91. The monoisotopic (exact) mass is 149 g/mol. The third-order valence-electron chi connectivity index (χ3n) is 1.09. The molecule has 0 amide bonds. The first-order chi connectivity index (χ1) is 5.20. The van der Waals surface area contributed by atoms with Crippen molar-refractivity contribution in [3.8, 4) is 0 Å². The molecule has 0 saturated carbocycles. The SMILES string of the molecule is C=C/C=C(\C)NC(=C)/C=C\C. The summed E-state index contributed by atoms with van der Waals surface area (Å²) < 4.78 is 0. The van der Waals surface area contributed by atoms with Crippen molar-refractivity contribution in [2.45, 2.75) is 13.8 Å². The number of hydrogen-bond acceptors (Lipinski definition) is 1. The van der Waals surface area contributed by atoms with E-state index in [-0.39, 0.29) is 0 Å². The van der Waals surface area contributed by atoms with Crippen molar-refractivity contribution in [1.29, 1.82) is 0 Å². The van der Waals surface area contributed by atoms with Gasteiger partial charge in [-0.1, -0.05) is 25.3 Å². The molecule has 0 aromatic rings. The molecule has 0 radical (unpaired) electrons. The van der Waals surface area contributed by atoms with Gasteiger partial charge >= 0.3 is 0 Å². The summed E-state index contributed by atoms with van der Waals surface area (Å²) in [5.41, 5.74) is 1.94. The highest BCUT2D eigenvalue weighted by Crippen LogP contribution is 1.93. The Morgan fingerprint density at radius 1 is 1.45 bits per heavy atom. The fraction of sp³-hybridized carbons (Fsp3) is 0.200. The molecule has 0 unspecified atom stereocenters. The van der Waals surface area contributed by atoms with Gasteiger partial charge in [0.05, 0.1) is 0 Å². The summed E-state index contributed by atoms with van der Waals surface area (Å²) in [5.74, 6) is 0. The van der Waals surface area contributed by atoms with Gasteiger partial charge in [-0.2, -0.15) is 0 Å². The fourth-order valence-corrected chi connectivity index (χ4v) is 0.715. The maximum Gasteiger partial charge on any atom is 0.0305 e. The molecule has 0 fully saturated rings. The highest BCUT2D eigenvalue weighted by molar-refractivity contribution is 5.19. The minimum absolute atomic E-state index is 0.892. The quantitative estimate of drug-likeness (QED) is 0.606. The number of allylic oxidation sites excluding steroid dienone is 5. The zero-order chi connectivity index (χ0) is 8.69. The molecule has 1 nitrogen and oxygen atoms in total. The van der Waals surface area contributed by atoms with E-state index in [1.54, 1.807) is 6.08 Å². The normalized spacial score (nSPS) is 11.6. The molecule has 0 spiro atoms. The summed E-state index contributed by atoms with van der Waals surface area (Å²) in [6.07, 6.45) is 7.50. The van der Waals surface area contributed by atoms with E-state index < -0.39 is 0 Å². The topological polar surface area (TPSA) is 12.0 Å². The van der Waals surface area contributed by atoms with Crippen molar-refractivity contribution in [2.24, 2.45) is 0 Å². The predicted octanol–water partition coefficient (Wildman–Crippen LogP) is 2.76. The van der Waals surface area contributed by atoms with Crippen LogP contribution in [-0.4, -0.2) is 0 Å². The lowest BCUT2D eigenvalue weighted by Crippen LogP contribution is -2.06. The first kappa shape index (κ1) is 9.76. The average molecular weight is 149 g/mol. The van der Waals surface area contributed by atoms with Gasteiger partial charge in [0.1, 0.15) is 0 Å². The molecule has 0 aromatic carbocycles. The molecule has 0 aliphatic carbocycles. The van der Waals surface area contributed by atoms with Gasteiger partial charge in [-0.3, -0.25) is 0 Å². The maximum absolute atomic E-state index is 3.79. The van der Waals surface area contributed by atoms with Crippen LogP contribution >= 0.6 is 0 Å². The summed E-state index contributed by atoms with van der Waals surface area (Å²) in [5, 5.41) is 3.09. The molecule has 0 aromatic heterocycles. The van der Waals surface area contributed by atoms with Crippen LogP contribution < -0.4 is 5.32 Å². The number of rotatable bonds is 4. The third kappa shape index (κ3) is 5.22. The van der Waals surface area contributed by atoms with Crippen molar-refractivity contribution in [2.75, 3.05) is 0 Å². The summed E-state index contributed by atoms with van der Waals surface area (Å²) in [6, 6.07) is 0. The Hall–Kier alpha value is -1.24. The Bertz CT molecular complexity index is 197. The molecule has 0 rings (SSSR count). The van der Waals surface area contributed by atoms with E-state index in [1.165, 1.54) is 0 Å². The smallest absolute Gasteiger partial charge is 0.0305 e. The fourth-order valence-electron chi connectivity index (χ4n) is 0.715. The lowest BCUT2D eigenvalue weighted by Gasteiger charge is -2.03. The predicted molar refractivity (Wildman–Crippen MR) is 51.0 cm³/mol. The van der Waals surface area contributed by atoms with Crippen LogP contribution in [0.2, 0.25) is 0 Å². The molecule has 0 bridgehead atoms. The van der Waals surface area contributed by atoms with E-state index in [4.69, 9.17) is 0 Å². The molecule has 0 atom stereocenters. The first-order valence-corrected chi connectivity index (χ1v) is 3.58. The van der Waals surface area contributed by atoms with Gasteiger partial charge in [0.2, 0.25) is 0 Å². The molecule has 60 valence electrons. The molecular formula is C10H15N. The summed E-state index contributed by atoms with van der Waals surface area (Å²) in [4.78, 5) is 0. The largest absolute Gasteiger partial charge is 0.360 e. The zero-order valence-corrected chi connectivity index (χ0v) is 7.22. The Morgan fingerprint density at radius 3 is 2.55 bits per heavy atom. The second-order valence-electron chi connectivity index (χ2n) is 2.24. The van der Waals surface area contributed by atoms with E-state index in [0.29, 0.717) is 0 Å². The van der Waals surface area contributed by atoms with Gasteiger partial charge in [-0.15, -0.1) is 0 Å². The van der Waals surface area contributed by atoms with Crippen LogP contribution in [0.3, 0.4) is 0 Å². The van der Waals surface area contributed by atoms with E-state index in [0.717, 1.165) is 11.4 Å². The van der Waals surface area contributed by atoms with E-state index in [1.807, 2.05) is 32.1 Å².